The molecule has 134 valence electrons. The molecule has 4 rings (SSSR count). The lowest BCUT2D eigenvalue weighted by Gasteiger charge is -2.09. The average molecular weight is 359 g/mol. The molecule has 0 radical (unpaired) electrons. The average Bonchev–Trinajstić information content (AvgIpc) is 3.41. The second-order valence-electron chi connectivity index (χ2n) is 6.59. The van der Waals surface area contributed by atoms with Crippen LogP contribution in [-0.4, -0.2) is 31.8 Å². The molecule has 0 spiro atoms. The maximum absolute atomic E-state index is 12.2. The summed E-state index contributed by atoms with van der Waals surface area (Å²) in [6.07, 6.45) is 5.09. The van der Waals surface area contributed by atoms with Crippen LogP contribution in [0.25, 0.3) is 16.9 Å². The quantitative estimate of drug-likeness (QED) is 0.745. The molecule has 1 amide bonds. The number of pyridine rings is 1. The number of nitrogens with zero attached hydrogens (tertiary/aromatic N) is 4. The molecule has 1 aromatic carbocycles. The van der Waals surface area contributed by atoms with E-state index in [1.54, 1.807) is 36.5 Å². The van der Waals surface area contributed by atoms with Crippen LogP contribution in [0.1, 0.15) is 34.3 Å². The van der Waals surface area contributed by atoms with E-state index >= 15 is 0 Å². The Morgan fingerprint density at radius 2 is 2.04 bits per heavy atom. The Kier molecular flexibility index (Phi) is 4.09. The summed E-state index contributed by atoms with van der Waals surface area (Å²) in [5.41, 5.74) is 3.10. The summed E-state index contributed by atoms with van der Waals surface area (Å²) in [6.45, 7) is 1.83. The summed E-state index contributed by atoms with van der Waals surface area (Å²) in [5.74, 6) is 0.242. The number of nitriles is 1. The highest BCUT2D eigenvalue weighted by atomic mass is 16.3. The van der Waals surface area contributed by atoms with E-state index in [0.717, 1.165) is 24.0 Å². The number of nitrogens with one attached hydrogen (secondary N) is 1. The Morgan fingerprint density at radius 1 is 1.30 bits per heavy atom. The molecule has 7 heteroatoms. The number of benzene rings is 1. The fourth-order valence-corrected chi connectivity index (χ4v) is 2.82. The van der Waals surface area contributed by atoms with Crippen molar-refractivity contribution in [3.8, 4) is 28.9 Å². The lowest BCUT2D eigenvalue weighted by atomic mass is 10.1. The van der Waals surface area contributed by atoms with Gasteiger partial charge in [0.2, 0.25) is 5.88 Å². The fourth-order valence-electron chi connectivity index (χ4n) is 2.82. The van der Waals surface area contributed by atoms with Gasteiger partial charge in [0.05, 0.1) is 29.0 Å². The van der Waals surface area contributed by atoms with Crippen molar-refractivity contribution in [2.75, 3.05) is 0 Å². The molecule has 2 heterocycles. The summed E-state index contributed by atoms with van der Waals surface area (Å²) >= 11 is 0. The molecule has 0 aliphatic heterocycles. The van der Waals surface area contributed by atoms with Crippen LogP contribution >= 0.6 is 0 Å². The molecular formula is C20H17N5O2. The molecule has 27 heavy (non-hydrogen) atoms. The number of aryl methyl sites for hydroxylation is 1. The maximum atomic E-state index is 12.2. The lowest BCUT2D eigenvalue weighted by Crippen LogP contribution is -2.26. The number of carbonyl (C=O) groups is 1. The monoisotopic (exact) mass is 359 g/mol. The zero-order chi connectivity index (χ0) is 19.0. The van der Waals surface area contributed by atoms with Crippen molar-refractivity contribution in [2.45, 2.75) is 25.8 Å². The molecule has 0 bridgehead atoms. The Labute approximate surface area is 155 Å². The third-order valence-corrected chi connectivity index (χ3v) is 4.54. The van der Waals surface area contributed by atoms with Gasteiger partial charge in [0.1, 0.15) is 0 Å². The van der Waals surface area contributed by atoms with Gasteiger partial charge in [-0.05, 0) is 49.1 Å². The van der Waals surface area contributed by atoms with Crippen LogP contribution in [0.5, 0.6) is 5.88 Å². The van der Waals surface area contributed by atoms with Crippen LogP contribution in [0.4, 0.5) is 0 Å². The van der Waals surface area contributed by atoms with Crippen LogP contribution in [0.15, 0.2) is 42.7 Å². The van der Waals surface area contributed by atoms with Crippen molar-refractivity contribution < 1.29 is 9.90 Å². The lowest BCUT2D eigenvalue weighted by molar-refractivity contribution is 0.0950. The van der Waals surface area contributed by atoms with E-state index in [-0.39, 0.29) is 17.8 Å². The van der Waals surface area contributed by atoms with E-state index in [1.807, 2.05) is 6.92 Å². The predicted molar refractivity (Wildman–Crippen MR) is 98.4 cm³/mol. The molecule has 1 saturated carbocycles. The zero-order valence-electron chi connectivity index (χ0n) is 14.7. The second-order valence-corrected chi connectivity index (χ2v) is 6.59. The van der Waals surface area contributed by atoms with E-state index in [0.29, 0.717) is 22.5 Å². The first-order chi connectivity index (χ1) is 13.1. The third kappa shape index (κ3) is 3.25. The molecule has 0 unspecified atom stereocenters. The summed E-state index contributed by atoms with van der Waals surface area (Å²) in [7, 11) is 0. The number of rotatable bonds is 4. The number of amides is 1. The molecule has 7 nitrogen and oxygen atoms in total. The Bertz CT molecular complexity index is 1060. The second kappa shape index (κ2) is 6.57. The van der Waals surface area contributed by atoms with Gasteiger partial charge in [-0.3, -0.25) is 4.79 Å². The van der Waals surface area contributed by atoms with Gasteiger partial charge in [-0.25, -0.2) is 4.98 Å². The molecule has 0 atom stereocenters. The summed E-state index contributed by atoms with van der Waals surface area (Å²) in [5, 5.41) is 26.6. The van der Waals surface area contributed by atoms with Gasteiger partial charge in [0.25, 0.3) is 5.91 Å². The van der Waals surface area contributed by atoms with Crippen molar-refractivity contribution in [3.05, 3.63) is 59.4 Å². The molecule has 3 aromatic rings. The van der Waals surface area contributed by atoms with E-state index in [1.165, 1.54) is 10.9 Å². The minimum absolute atomic E-state index is 0.0539. The van der Waals surface area contributed by atoms with Crippen LogP contribution in [-0.2, 0) is 0 Å². The molecular weight excluding hydrogens is 342 g/mol. The Hall–Kier alpha value is -3.66. The highest BCUT2D eigenvalue weighted by Gasteiger charge is 2.25. The minimum atomic E-state index is -0.128. The van der Waals surface area contributed by atoms with Gasteiger partial charge in [0.15, 0.2) is 5.82 Å². The topological polar surface area (TPSA) is 104 Å². The third-order valence-electron chi connectivity index (χ3n) is 4.54. The van der Waals surface area contributed by atoms with Gasteiger partial charge in [-0.15, -0.1) is 0 Å². The standard InChI is InChI=1S/C20H17N5O2/c1-12-8-18(22-10-16(12)19(26)24-15-6-7-15)25-20(27)17(11-23-25)14-4-2-13(9-21)3-5-14/h2-5,8,10-11,15,27H,6-7H2,1H3,(H,24,26). The van der Waals surface area contributed by atoms with Crippen LogP contribution in [0.2, 0.25) is 0 Å². The van der Waals surface area contributed by atoms with Crippen molar-refractivity contribution >= 4 is 5.91 Å². The summed E-state index contributed by atoms with van der Waals surface area (Å²) in [6, 6.07) is 10.9. The Balaban J connectivity index is 1.63. The normalized spacial score (nSPS) is 13.2. The Morgan fingerprint density at radius 3 is 2.67 bits per heavy atom. The van der Waals surface area contributed by atoms with Gasteiger partial charge in [-0.1, -0.05) is 12.1 Å². The summed E-state index contributed by atoms with van der Waals surface area (Å²) < 4.78 is 1.32. The van der Waals surface area contributed by atoms with Gasteiger partial charge in [0, 0.05) is 12.2 Å². The van der Waals surface area contributed by atoms with E-state index in [4.69, 9.17) is 5.26 Å². The molecule has 2 aromatic heterocycles. The van der Waals surface area contributed by atoms with Crippen molar-refractivity contribution in [1.29, 1.82) is 5.26 Å². The van der Waals surface area contributed by atoms with Crippen molar-refractivity contribution in [3.63, 3.8) is 0 Å². The van der Waals surface area contributed by atoms with Gasteiger partial charge in [-0.2, -0.15) is 15.0 Å². The minimum Gasteiger partial charge on any atom is -0.493 e. The molecule has 0 saturated heterocycles. The fraction of sp³-hybridized carbons (Fsp3) is 0.200. The number of carbonyl (C=O) groups excluding carboxylic acids is 1. The first-order valence-electron chi connectivity index (χ1n) is 8.62. The number of hydrogen-bond donors (Lipinski definition) is 2. The molecule has 1 fully saturated rings. The predicted octanol–water partition coefficient (Wildman–Crippen LogP) is 2.71. The maximum Gasteiger partial charge on any atom is 0.253 e. The first kappa shape index (κ1) is 16.8. The molecule has 1 aliphatic carbocycles. The summed E-state index contributed by atoms with van der Waals surface area (Å²) in [4.78, 5) is 16.5. The van der Waals surface area contributed by atoms with E-state index in [2.05, 4.69) is 21.5 Å². The van der Waals surface area contributed by atoms with Crippen molar-refractivity contribution in [1.82, 2.24) is 20.1 Å². The van der Waals surface area contributed by atoms with Crippen LogP contribution < -0.4 is 5.32 Å². The number of aromatic hydroxyl groups is 1. The molecule has 1 aliphatic rings. The first-order valence-corrected chi connectivity index (χ1v) is 8.62. The highest BCUT2D eigenvalue weighted by molar-refractivity contribution is 5.95. The smallest absolute Gasteiger partial charge is 0.253 e. The van der Waals surface area contributed by atoms with Gasteiger partial charge < -0.3 is 10.4 Å². The largest absolute Gasteiger partial charge is 0.493 e. The number of hydrogen-bond acceptors (Lipinski definition) is 5. The zero-order valence-corrected chi connectivity index (χ0v) is 14.7. The van der Waals surface area contributed by atoms with Crippen LogP contribution in [0, 0.1) is 18.3 Å². The molecule has 2 N–H and O–H groups in total. The SMILES string of the molecule is Cc1cc(-n2ncc(-c3ccc(C#N)cc3)c2O)ncc1C(=O)NC1CC1. The van der Waals surface area contributed by atoms with E-state index < -0.39 is 0 Å². The van der Waals surface area contributed by atoms with Crippen LogP contribution in [0.3, 0.4) is 0 Å². The number of aromatic nitrogens is 3. The highest BCUT2D eigenvalue weighted by Crippen LogP contribution is 2.31. The van der Waals surface area contributed by atoms with Gasteiger partial charge >= 0.3 is 0 Å². The van der Waals surface area contributed by atoms with Crippen molar-refractivity contribution in [2.24, 2.45) is 0 Å². The van der Waals surface area contributed by atoms with E-state index in [9.17, 15) is 9.90 Å².